The van der Waals surface area contributed by atoms with Gasteiger partial charge < -0.3 is 9.55 Å². The number of hydrogen-bond acceptors (Lipinski definition) is 3. The van der Waals surface area contributed by atoms with Gasteiger partial charge in [0.05, 0.1) is 12.0 Å². The van der Waals surface area contributed by atoms with Crippen LogP contribution < -0.4 is 5.56 Å². The summed E-state index contributed by atoms with van der Waals surface area (Å²) in [5.74, 6) is 0.493. The van der Waals surface area contributed by atoms with E-state index in [1.54, 1.807) is 6.33 Å². The molecule has 3 aromatic heterocycles. The molecule has 0 aromatic carbocycles. The van der Waals surface area contributed by atoms with Gasteiger partial charge >= 0.3 is 5.56 Å². The second kappa shape index (κ2) is 4.72. The van der Waals surface area contributed by atoms with E-state index < -0.39 is 0 Å². The van der Waals surface area contributed by atoms with E-state index in [-0.39, 0.29) is 5.56 Å². The monoisotopic (exact) mass is 285 g/mol. The van der Waals surface area contributed by atoms with Crippen LogP contribution in [0.5, 0.6) is 0 Å². The maximum atomic E-state index is 12.6. The molecule has 110 valence electrons. The molecule has 1 aliphatic rings. The first-order valence-electron chi connectivity index (χ1n) is 7.74. The van der Waals surface area contributed by atoms with Gasteiger partial charge in [-0.05, 0) is 19.8 Å². The number of imidazole rings is 1. The number of aromatic amines is 1. The summed E-state index contributed by atoms with van der Waals surface area (Å²) < 4.78 is 3.36. The molecular formula is C15H19N5O. The molecule has 0 bridgehead atoms. The fourth-order valence-electron chi connectivity index (χ4n) is 3.40. The van der Waals surface area contributed by atoms with Crippen LogP contribution in [-0.2, 0) is 6.54 Å². The lowest BCUT2D eigenvalue weighted by Gasteiger charge is -2.18. The minimum absolute atomic E-state index is 0.0832. The Labute approximate surface area is 121 Å². The molecular weight excluding hydrogens is 266 g/mol. The Morgan fingerprint density at radius 1 is 1.33 bits per heavy atom. The van der Waals surface area contributed by atoms with Crippen molar-refractivity contribution >= 4 is 16.8 Å². The molecule has 0 radical (unpaired) electrons. The van der Waals surface area contributed by atoms with Crippen LogP contribution in [0, 0.1) is 0 Å². The molecule has 1 aliphatic carbocycles. The Hall–Kier alpha value is -2.11. The summed E-state index contributed by atoms with van der Waals surface area (Å²) in [6, 6.07) is 2.02. The number of hydrogen-bond donors (Lipinski definition) is 1. The van der Waals surface area contributed by atoms with Crippen LogP contribution in [0.15, 0.2) is 17.2 Å². The highest BCUT2D eigenvalue weighted by molar-refractivity contribution is 5.72. The van der Waals surface area contributed by atoms with Crippen molar-refractivity contribution in [2.75, 3.05) is 0 Å². The van der Waals surface area contributed by atoms with Gasteiger partial charge in [0.15, 0.2) is 11.2 Å². The molecule has 6 heteroatoms. The maximum Gasteiger partial charge on any atom is 0.300 e. The molecule has 0 saturated heterocycles. The lowest BCUT2D eigenvalue weighted by Crippen LogP contribution is -2.18. The SMILES string of the molecule is CCn1cnc2[nH]c3cc(C4CCCCC4)nn3c(=O)c21. The highest BCUT2D eigenvalue weighted by atomic mass is 16.1. The largest absolute Gasteiger partial charge is 0.325 e. The minimum Gasteiger partial charge on any atom is -0.325 e. The second-order valence-corrected chi connectivity index (χ2v) is 5.86. The van der Waals surface area contributed by atoms with Crippen LogP contribution in [-0.4, -0.2) is 24.1 Å². The summed E-state index contributed by atoms with van der Waals surface area (Å²) in [7, 11) is 0. The van der Waals surface area contributed by atoms with Crippen LogP contribution in [0.3, 0.4) is 0 Å². The van der Waals surface area contributed by atoms with E-state index in [9.17, 15) is 4.79 Å². The summed E-state index contributed by atoms with van der Waals surface area (Å²) in [6.07, 6.45) is 7.89. The topological polar surface area (TPSA) is 68.0 Å². The van der Waals surface area contributed by atoms with E-state index >= 15 is 0 Å². The third kappa shape index (κ3) is 1.89. The minimum atomic E-state index is -0.0832. The van der Waals surface area contributed by atoms with Crippen LogP contribution in [0.4, 0.5) is 0 Å². The van der Waals surface area contributed by atoms with Crippen molar-refractivity contribution < 1.29 is 0 Å². The van der Waals surface area contributed by atoms with Crippen molar-refractivity contribution in [2.45, 2.75) is 51.5 Å². The molecule has 1 N–H and O–H groups in total. The van der Waals surface area contributed by atoms with Crippen molar-refractivity contribution in [3.05, 3.63) is 28.4 Å². The van der Waals surface area contributed by atoms with Gasteiger partial charge in [-0.1, -0.05) is 19.3 Å². The Kier molecular flexibility index (Phi) is 2.83. The molecule has 3 aromatic rings. The molecule has 3 heterocycles. The lowest BCUT2D eigenvalue weighted by molar-refractivity contribution is 0.435. The zero-order valence-electron chi connectivity index (χ0n) is 12.2. The van der Waals surface area contributed by atoms with Crippen LogP contribution in [0.2, 0.25) is 0 Å². The lowest BCUT2D eigenvalue weighted by atomic mass is 9.87. The van der Waals surface area contributed by atoms with Crippen molar-refractivity contribution in [3.63, 3.8) is 0 Å². The third-order valence-corrected chi connectivity index (χ3v) is 4.57. The molecule has 0 aliphatic heterocycles. The zero-order valence-corrected chi connectivity index (χ0v) is 12.2. The normalized spacial score (nSPS) is 17.0. The Morgan fingerprint density at radius 3 is 2.90 bits per heavy atom. The van der Waals surface area contributed by atoms with E-state index in [2.05, 4.69) is 15.1 Å². The summed E-state index contributed by atoms with van der Waals surface area (Å²) >= 11 is 0. The average molecular weight is 285 g/mol. The van der Waals surface area contributed by atoms with E-state index in [1.807, 2.05) is 17.6 Å². The van der Waals surface area contributed by atoms with E-state index in [4.69, 9.17) is 0 Å². The molecule has 6 nitrogen and oxygen atoms in total. The van der Waals surface area contributed by atoms with Crippen molar-refractivity contribution in [2.24, 2.45) is 0 Å². The summed E-state index contributed by atoms with van der Waals surface area (Å²) in [5.41, 5.74) is 2.95. The molecule has 1 fully saturated rings. The number of H-pyrrole nitrogens is 1. The molecule has 0 amide bonds. The quantitative estimate of drug-likeness (QED) is 0.786. The van der Waals surface area contributed by atoms with E-state index in [1.165, 1.54) is 36.6 Å². The third-order valence-electron chi connectivity index (χ3n) is 4.57. The van der Waals surface area contributed by atoms with Crippen molar-refractivity contribution in [1.82, 2.24) is 24.1 Å². The van der Waals surface area contributed by atoms with Gasteiger partial charge in [-0.25, -0.2) is 4.98 Å². The van der Waals surface area contributed by atoms with Crippen LogP contribution in [0.25, 0.3) is 16.8 Å². The van der Waals surface area contributed by atoms with Gasteiger partial charge in [0.25, 0.3) is 0 Å². The first kappa shape index (κ1) is 12.6. The van der Waals surface area contributed by atoms with Gasteiger partial charge in [-0.3, -0.25) is 4.79 Å². The van der Waals surface area contributed by atoms with Crippen LogP contribution >= 0.6 is 0 Å². The predicted molar refractivity (Wildman–Crippen MR) is 80.6 cm³/mol. The number of aryl methyl sites for hydroxylation is 1. The van der Waals surface area contributed by atoms with Crippen LogP contribution in [0.1, 0.15) is 50.6 Å². The van der Waals surface area contributed by atoms with E-state index in [0.29, 0.717) is 17.1 Å². The summed E-state index contributed by atoms with van der Waals surface area (Å²) in [5, 5.41) is 4.57. The number of nitrogens with one attached hydrogen (secondary N) is 1. The average Bonchev–Trinajstić information content (AvgIpc) is 3.12. The first-order chi connectivity index (χ1) is 10.3. The summed E-state index contributed by atoms with van der Waals surface area (Å²) in [4.78, 5) is 20.2. The van der Waals surface area contributed by atoms with Gasteiger partial charge in [-0.2, -0.15) is 9.61 Å². The fourth-order valence-corrected chi connectivity index (χ4v) is 3.40. The number of rotatable bonds is 2. The maximum absolute atomic E-state index is 12.6. The van der Waals surface area contributed by atoms with Gasteiger partial charge in [0.1, 0.15) is 5.65 Å². The van der Waals surface area contributed by atoms with Gasteiger partial charge in [-0.15, -0.1) is 0 Å². The standard InChI is InChI=1S/C15H19N5O/c1-2-19-9-16-14-13(19)15(21)20-12(17-14)8-11(18-20)10-6-4-3-5-7-10/h8-10,17H,2-7H2,1H3. The smallest absolute Gasteiger partial charge is 0.300 e. The molecule has 21 heavy (non-hydrogen) atoms. The predicted octanol–water partition coefficient (Wildman–Crippen LogP) is 2.44. The molecule has 0 unspecified atom stereocenters. The Balaban J connectivity index is 1.91. The Morgan fingerprint density at radius 2 is 2.14 bits per heavy atom. The number of fused-ring (bicyclic) bond motifs is 2. The molecule has 4 rings (SSSR count). The zero-order chi connectivity index (χ0) is 14.4. The molecule has 1 saturated carbocycles. The van der Waals surface area contributed by atoms with Crippen molar-refractivity contribution in [1.29, 1.82) is 0 Å². The number of nitrogens with zero attached hydrogens (tertiary/aromatic N) is 4. The van der Waals surface area contributed by atoms with Crippen molar-refractivity contribution in [3.8, 4) is 0 Å². The van der Waals surface area contributed by atoms with Gasteiger partial charge in [0.2, 0.25) is 0 Å². The Bertz CT molecular complexity index is 850. The van der Waals surface area contributed by atoms with Gasteiger partial charge in [0, 0.05) is 18.5 Å². The summed E-state index contributed by atoms with van der Waals surface area (Å²) in [6.45, 7) is 2.73. The highest BCUT2D eigenvalue weighted by Gasteiger charge is 2.20. The second-order valence-electron chi connectivity index (χ2n) is 5.86. The fraction of sp³-hybridized carbons (Fsp3) is 0.533. The molecule has 0 atom stereocenters. The van der Waals surface area contributed by atoms with E-state index in [0.717, 1.165) is 17.9 Å². The number of aromatic nitrogens is 5. The first-order valence-corrected chi connectivity index (χ1v) is 7.74. The molecule has 0 spiro atoms. The highest BCUT2D eigenvalue weighted by Crippen LogP contribution is 2.31.